The third-order valence-electron chi connectivity index (χ3n) is 4.92. The van der Waals surface area contributed by atoms with Gasteiger partial charge < -0.3 is 5.32 Å². The number of nitrogens with zero attached hydrogens (tertiary/aromatic N) is 2. The minimum absolute atomic E-state index is 0. The van der Waals surface area contributed by atoms with Crippen LogP contribution in [0.4, 0.5) is 4.79 Å². The Balaban J connectivity index is 0.00000392. The second kappa shape index (κ2) is 11.4. The Hall–Kier alpha value is -2.36. The Morgan fingerprint density at radius 1 is 1.30 bits per heavy atom. The zero-order chi connectivity index (χ0) is 19.5. The van der Waals surface area contributed by atoms with Crippen LogP contribution in [-0.2, 0) is 0 Å². The summed E-state index contributed by atoms with van der Waals surface area (Å²) in [6.45, 7) is 7.49. The smallest absolute Gasteiger partial charge is 0.333 e. The van der Waals surface area contributed by atoms with Crippen LogP contribution >= 0.6 is 0 Å². The summed E-state index contributed by atoms with van der Waals surface area (Å²) >= 11 is 0. The number of urea groups is 1. The molecule has 27 heavy (non-hydrogen) atoms. The van der Waals surface area contributed by atoms with Crippen LogP contribution in [0.25, 0.3) is 0 Å². The van der Waals surface area contributed by atoms with E-state index in [-0.39, 0.29) is 13.4 Å². The molecular weight excluding hydrogens is 334 g/mol. The van der Waals surface area contributed by atoms with Crippen LogP contribution in [0.2, 0.25) is 0 Å². The monoisotopic (exact) mass is 369 g/mol. The normalized spacial score (nSPS) is 17.4. The predicted octanol–water partition coefficient (Wildman–Crippen LogP) is 5.89. The van der Waals surface area contributed by atoms with E-state index in [1.54, 1.807) is 5.01 Å². The maximum Gasteiger partial charge on any atom is 0.338 e. The molecule has 4 heteroatoms. The van der Waals surface area contributed by atoms with Crippen molar-refractivity contribution >= 4 is 11.7 Å². The average molecular weight is 370 g/mol. The van der Waals surface area contributed by atoms with Gasteiger partial charge in [-0.2, -0.15) is 5.10 Å². The number of hydrazone groups is 1. The van der Waals surface area contributed by atoms with Gasteiger partial charge in [0.25, 0.3) is 0 Å². The predicted molar refractivity (Wildman–Crippen MR) is 116 cm³/mol. The molecule has 1 heterocycles. The van der Waals surface area contributed by atoms with Gasteiger partial charge in [-0.25, -0.2) is 9.80 Å². The minimum Gasteiger partial charge on any atom is -0.333 e. The van der Waals surface area contributed by atoms with E-state index < -0.39 is 0 Å². The highest BCUT2D eigenvalue weighted by Crippen LogP contribution is 2.27. The van der Waals surface area contributed by atoms with E-state index in [1.165, 1.54) is 24.0 Å². The largest absolute Gasteiger partial charge is 0.338 e. The van der Waals surface area contributed by atoms with Gasteiger partial charge in [-0.1, -0.05) is 80.8 Å². The molecule has 0 radical (unpaired) electrons. The Morgan fingerprint density at radius 3 is 2.74 bits per heavy atom. The first-order chi connectivity index (χ1) is 13.2. The molecule has 1 unspecified atom stereocenters. The molecule has 0 aromatic heterocycles. The van der Waals surface area contributed by atoms with Crippen LogP contribution in [0.1, 0.15) is 65.8 Å². The van der Waals surface area contributed by atoms with Crippen LogP contribution in [0.3, 0.4) is 0 Å². The van der Waals surface area contributed by atoms with E-state index in [4.69, 9.17) is 0 Å². The number of hydrogen-bond donors (Lipinski definition) is 1. The van der Waals surface area contributed by atoms with Crippen molar-refractivity contribution in [1.29, 1.82) is 0 Å². The molecule has 148 valence electrons. The van der Waals surface area contributed by atoms with Crippen LogP contribution in [0.5, 0.6) is 0 Å². The van der Waals surface area contributed by atoms with Gasteiger partial charge in [-0.3, -0.25) is 0 Å². The summed E-state index contributed by atoms with van der Waals surface area (Å²) in [6.07, 6.45) is 11.5. The van der Waals surface area contributed by atoms with Crippen molar-refractivity contribution in [3.8, 4) is 0 Å². The van der Waals surface area contributed by atoms with E-state index in [9.17, 15) is 4.79 Å². The van der Waals surface area contributed by atoms with E-state index in [0.29, 0.717) is 13.1 Å². The number of nitrogens with one attached hydrogen (secondary N) is 1. The number of benzene rings is 1. The van der Waals surface area contributed by atoms with E-state index in [0.717, 1.165) is 25.0 Å². The third-order valence-corrected chi connectivity index (χ3v) is 4.92. The Morgan fingerprint density at radius 2 is 2.07 bits per heavy atom. The zero-order valence-corrected chi connectivity index (χ0v) is 16.9. The first kappa shape index (κ1) is 20.9. The molecular formula is C23H35N3O. The van der Waals surface area contributed by atoms with Crippen LogP contribution < -0.4 is 5.32 Å². The molecule has 1 atom stereocenters. The second-order valence-electron chi connectivity index (χ2n) is 6.96. The number of amides is 2. The lowest BCUT2D eigenvalue weighted by atomic mass is 9.92. The number of unbranched alkanes of at least 4 members (excludes halogenated alkanes) is 2. The highest BCUT2D eigenvalue weighted by atomic mass is 16.2. The molecule has 2 rings (SSSR count). The summed E-state index contributed by atoms with van der Waals surface area (Å²) in [7, 11) is 0. The topological polar surface area (TPSA) is 44.7 Å². The highest BCUT2D eigenvalue weighted by molar-refractivity contribution is 5.94. The number of allylic oxidation sites excluding steroid dienone is 3. The third kappa shape index (κ3) is 6.38. The standard InChI is InChI=1S/C23H33N3O.H2/c1-4-7-10-16-22-21(20-14-11-9-12-15-20)18-26(25-22)23(27)24-17-19(6-3)13-8-5-2;/h5,8-9,11-15,21H,4,6-7,10,16-18H2,1-3H3,(H,24,27);1H/b8-5-,19-13+;. The van der Waals surface area contributed by atoms with Crippen molar-refractivity contribution < 1.29 is 6.22 Å². The summed E-state index contributed by atoms with van der Waals surface area (Å²) < 4.78 is 0. The molecule has 1 aromatic carbocycles. The summed E-state index contributed by atoms with van der Waals surface area (Å²) in [4.78, 5) is 12.7. The van der Waals surface area contributed by atoms with Gasteiger partial charge in [0.05, 0.1) is 6.54 Å². The van der Waals surface area contributed by atoms with E-state index in [1.807, 2.05) is 25.1 Å². The number of hydrogen-bond acceptors (Lipinski definition) is 2. The Bertz CT molecular complexity index is 682. The molecule has 0 spiro atoms. The highest BCUT2D eigenvalue weighted by Gasteiger charge is 2.30. The molecule has 1 aliphatic rings. The molecule has 0 aliphatic carbocycles. The maximum absolute atomic E-state index is 12.7. The van der Waals surface area contributed by atoms with Gasteiger partial charge in [-0.05, 0) is 31.7 Å². The summed E-state index contributed by atoms with van der Waals surface area (Å²) in [5.74, 6) is 0.206. The van der Waals surface area contributed by atoms with Crippen LogP contribution in [-0.4, -0.2) is 29.8 Å². The Labute approximate surface area is 165 Å². The number of rotatable bonds is 9. The maximum atomic E-state index is 12.7. The lowest BCUT2D eigenvalue weighted by Crippen LogP contribution is -2.37. The lowest BCUT2D eigenvalue weighted by Gasteiger charge is -2.16. The number of carbonyl (C=O) groups excluding carboxylic acids is 1. The first-order valence-corrected chi connectivity index (χ1v) is 10.2. The molecule has 2 amide bonds. The second-order valence-corrected chi connectivity index (χ2v) is 6.96. The van der Waals surface area contributed by atoms with Crippen molar-refractivity contribution in [2.75, 3.05) is 13.1 Å². The van der Waals surface area contributed by atoms with Crippen LogP contribution in [0, 0.1) is 0 Å². The minimum atomic E-state index is -0.110. The SMILES string of the molecule is C/C=C\C=C(/CC)CNC(=O)N1CC(c2ccccc2)C(CCCCC)=N1.[HH]. The van der Waals surface area contributed by atoms with Crippen molar-refractivity contribution in [2.24, 2.45) is 5.10 Å². The zero-order valence-electron chi connectivity index (χ0n) is 16.9. The van der Waals surface area contributed by atoms with Crippen molar-refractivity contribution in [2.45, 2.75) is 58.8 Å². The first-order valence-electron chi connectivity index (χ1n) is 10.2. The quantitative estimate of drug-likeness (QED) is 0.428. The molecule has 1 aliphatic heterocycles. The molecule has 0 saturated heterocycles. The fourth-order valence-corrected chi connectivity index (χ4v) is 3.25. The van der Waals surface area contributed by atoms with Crippen molar-refractivity contribution in [1.82, 2.24) is 10.3 Å². The van der Waals surface area contributed by atoms with Gasteiger partial charge >= 0.3 is 6.03 Å². The summed E-state index contributed by atoms with van der Waals surface area (Å²) in [5, 5.41) is 9.32. The van der Waals surface area contributed by atoms with E-state index in [2.05, 4.69) is 54.6 Å². The summed E-state index contributed by atoms with van der Waals surface area (Å²) in [6, 6.07) is 10.3. The Kier molecular flexibility index (Phi) is 8.82. The van der Waals surface area contributed by atoms with Crippen molar-refractivity contribution in [3.05, 3.63) is 59.7 Å². The molecule has 1 aromatic rings. The van der Waals surface area contributed by atoms with Crippen LogP contribution in [0.15, 0.2) is 59.2 Å². The summed E-state index contributed by atoms with van der Waals surface area (Å²) in [5.41, 5.74) is 3.57. The van der Waals surface area contributed by atoms with Gasteiger partial charge in [0.1, 0.15) is 0 Å². The average Bonchev–Trinajstić information content (AvgIpc) is 3.13. The lowest BCUT2D eigenvalue weighted by molar-refractivity contribution is 0.205. The number of carbonyl (C=O) groups is 1. The van der Waals surface area contributed by atoms with Crippen molar-refractivity contribution in [3.63, 3.8) is 0 Å². The molecule has 1 N–H and O–H groups in total. The molecule has 4 nitrogen and oxygen atoms in total. The van der Waals surface area contributed by atoms with Gasteiger partial charge in [0.15, 0.2) is 0 Å². The fourth-order valence-electron chi connectivity index (χ4n) is 3.25. The van der Waals surface area contributed by atoms with E-state index >= 15 is 0 Å². The molecule has 0 saturated carbocycles. The van der Waals surface area contributed by atoms with Gasteiger partial charge in [-0.15, -0.1) is 0 Å². The van der Waals surface area contributed by atoms with Gasteiger partial charge in [0, 0.05) is 19.6 Å². The fraction of sp³-hybridized carbons (Fsp3) is 0.478. The molecule has 0 bridgehead atoms. The van der Waals surface area contributed by atoms with Gasteiger partial charge in [0.2, 0.25) is 0 Å². The molecule has 0 fully saturated rings.